The molecular weight excluding hydrogens is 258 g/mol. The summed E-state index contributed by atoms with van der Waals surface area (Å²) in [6, 6.07) is 0. The molecule has 1 aliphatic rings. The molecule has 1 rings (SSSR count). The molecule has 2 amide bonds. The van der Waals surface area contributed by atoms with Gasteiger partial charge in [-0.2, -0.15) is 0 Å². The predicted molar refractivity (Wildman–Crippen MR) is 77.1 cm³/mol. The number of nitrogens with one attached hydrogen (secondary N) is 1. The van der Waals surface area contributed by atoms with E-state index >= 15 is 0 Å². The van der Waals surface area contributed by atoms with Crippen LogP contribution in [0.4, 0.5) is 0 Å². The van der Waals surface area contributed by atoms with E-state index in [0.717, 1.165) is 19.5 Å². The molecule has 2 N–H and O–H groups in total. The van der Waals surface area contributed by atoms with E-state index in [1.54, 1.807) is 0 Å². The van der Waals surface area contributed by atoms with Crippen molar-refractivity contribution in [1.82, 2.24) is 15.1 Å². The predicted octanol–water partition coefficient (Wildman–Crippen LogP) is -0.469. The van der Waals surface area contributed by atoms with Crippen molar-refractivity contribution in [3.63, 3.8) is 0 Å². The van der Waals surface area contributed by atoms with Crippen LogP contribution in [0.25, 0.3) is 0 Å². The van der Waals surface area contributed by atoms with Crippen molar-refractivity contribution in [3.8, 4) is 0 Å². The van der Waals surface area contributed by atoms with Crippen molar-refractivity contribution in [3.05, 3.63) is 0 Å². The third-order valence-corrected chi connectivity index (χ3v) is 3.57. The minimum Gasteiger partial charge on any atom is -0.396 e. The number of rotatable bonds is 6. The molecule has 2 atom stereocenters. The van der Waals surface area contributed by atoms with Gasteiger partial charge in [-0.05, 0) is 32.4 Å². The topological polar surface area (TPSA) is 72.9 Å². The summed E-state index contributed by atoms with van der Waals surface area (Å²) >= 11 is 0. The molecule has 20 heavy (non-hydrogen) atoms. The second-order valence-corrected chi connectivity index (χ2v) is 5.94. The molecule has 0 aromatic heterocycles. The van der Waals surface area contributed by atoms with Crippen molar-refractivity contribution < 1.29 is 14.7 Å². The summed E-state index contributed by atoms with van der Waals surface area (Å²) in [6.45, 7) is 4.24. The van der Waals surface area contributed by atoms with Gasteiger partial charge in [0.15, 0.2) is 0 Å². The fraction of sp³-hybridized carbons (Fsp3) is 0.857. The molecule has 1 fully saturated rings. The van der Waals surface area contributed by atoms with Gasteiger partial charge in [0, 0.05) is 46.1 Å². The molecule has 0 aliphatic carbocycles. The Kier molecular flexibility index (Phi) is 6.95. The molecule has 6 heteroatoms. The second kappa shape index (κ2) is 8.21. The standard InChI is InChI=1S/C14H27N3O3/c1-11(19)15-5-4-14(20)17-8-12(7-16(2)3)6-13(9-17)10-18/h12-13,18H,4-10H2,1-3H3,(H,15,19)/t12-,13+/m1/s1. The number of piperidine rings is 1. The number of carbonyl (C=O) groups excluding carboxylic acids is 2. The van der Waals surface area contributed by atoms with Crippen LogP contribution in [-0.2, 0) is 9.59 Å². The lowest BCUT2D eigenvalue weighted by atomic mass is 9.89. The first-order valence-corrected chi connectivity index (χ1v) is 7.20. The first-order chi connectivity index (χ1) is 9.42. The smallest absolute Gasteiger partial charge is 0.224 e. The Labute approximate surface area is 121 Å². The van der Waals surface area contributed by atoms with Gasteiger partial charge in [-0.15, -0.1) is 0 Å². The minimum absolute atomic E-state index is 0.0562. The second-order valence-electron chi connectivity index (χ2n) is 5.94. The van der Waals surface area contributed by atoms with Crippen LogP contribution in [0, 0.1) is 11.8 Å². The maximum Gasteiger partial charge on any atom is 0.224 e. The van der Waals surface area contributed by atoms with Gasteiger partial charge in [0.2, 0.25) is 11.8 Å². The maximum absolute atomic E-state index is 12.2. The summed E-state index contributed by atoms with van der Waals surface area (Å²) in [5.41, 5.74) is 0. The van der Waals surface area contributed by atoms with E-state index in [2.05, 4.69) is 10.2 Å². The van der Waals surface area contributed by atoms with Crippen molar-refractivity contribution in [2.45, 2.75) is 19.8 Å². The molecule has 1 aliphatic heterocycles. The molecule has 0 radical (unpaired) electrons. The van der Waals surface area contributed by atoms with Gasteiger partial charge in [-0.25, -0.2) is 0 Å². The summed E-state index contributed by atoms with van der Waals surface area (Å²) < 4.78 is 0. The van der Waals surface area contributed by atoms with Crippen LogP contribution < -0.4 is 5.32 Å². The van der Waals surface area contributed by atoms with Gasteiger partial charge in [0.05, 0.1) is 0 Å². The largest absolute Gasteiger partial charge is 0.396 e. The van der Waals surface area contributed by atoms with Gasteiger partial charge in [-0.3, -0.25) is 9.59 Å². The number of hydrogen-bond acceptors (Lipinski definition) is 4. The molecule has 1 saturated heterocycles. The van der Waals surface area contributed by atoms with E-state index < -0.39 is 0 Å². The molecule has 116 valence electrons. The van der Waals surface area contributed by atoms with Crippen LogP contribution in [0.3, 0.4) is 0 Å². The zero-order valence-corrected chi connectivity index (χ0v) is 12.8. The van der Waals surface area contributed by atoms with Crippen molar-refractivity contribution in [2.75, 3.05) is 46.9 Å². The molecule has 6 nitrogen and oxygen atoms in total. The monoisotopic (exact) mass is 285 g/mol. The lowest BCUT2D eigenvalue weighted by Crippen LogP contribution is -2.47. The number of aliphatic hydroxyl groups excluding tert-OH is 1. The highest BCUT2D eigenvalue weighted by molar-refractivity contribution is 5.78. The Morgan fingerprint density at radius 2 is 1.95 bits per heavy atom. The maximum atomic E-state index is 12.2. The summed E-state index contributed by atoms with van der Waals surface area (Å²) in [7, 11) is 4.04. The summed E-state index contributed by atoms with van der Waals surface area (Å²) in [6.07, 6.45) is 1.29. The average Bonchev–Trinajstić information content (AvgIpc) is 2.36. The molecule has 0 bridgehead atoms. The van der Waals surface area contributed by atoms with Crippen LogP contribution >= 0.6 is 0 Å². The van der Waals surface area contributed by atoms with Crippen LogP contribution in [0.15, 0.2) is 0 Å². The number of hydrogen-bond donors (Lipinski definition) is 2. The summed E-state index contributed by atoms with van der Waals surface area (Å²) in [5.74, 6) is 0.509. The Morgan fingerprint density at radius 3 is 2.50 bits per heavy atom. The van der Waals surface area contributed by atoms with Gasteiger partial charge in [0.25, 0.3) is 0 Å². The van der Waals surface area contributed by atoms with Crippen molar-refractivity contribution >= 4 is 11.8 Å². The third-order valence-electron chi connectivity index (χ3n) is 3.57. The molecular formula is C14H27N3O3. The van der Waals surface area contributed by atoms with Gasteiger partial charge >= 0.3 is 0 Å². The van der Waals surface area contributed by atoms with E-state index in [1.807, 2.05) is 19.0 Å². The van der Waals surface area contributed by atoms with E-state index in [-0.39, 0.29) is 24.3 Å². The third kappa shape index (κ3) is 5.88. The fourth-order valence-electron chi connectivity index (χ4n) is 2.81. The first kappa shape index (κ1) is 16.9. The molecule has 0 spiro atoms. The number of aliphatic hydroxyl groups is 1. The molecule has 0 aromatic carbocycles. The Hall–Kier alpha value is -1.14. The summed E-state index contributed by atoms with van der Waals surface area (Å²) in [4.78, 5) is 26.9. The van der Waals surface area contributed by atoms with E-state index in [9.17, 15) is 14.7 Å². The molecule has 0 aromatic rings. The van der Waals surface area contributed by atoms with Gasteiger partial charge in [0.1, 0.15) is 0 Å². The fourth-order valence-corrected chi connectivity index (χ4v) is 2.81. The average molecular weight is 285 g/mol. The summed E-state index contributed by atoms with van der Waals surface area (Å²) in [5, 5.41) is 12.0. The molecule has 0 saturated carbocycles. The first-order valence-electron chi connectivity index (χ1n) is 7.20. The number of nitrogens with zero attached hydrogens (tertiary/aromatic N) is 2. The lowest BCUT2D eigenvalue weighted by Gasteiger charge is -2.38. The zero-order valence-electron chi connectivity index (χ0n) is 12.8. The van der Waals surface area contributed by atoms with Crippen LogP contribution in [0.5, 0.6) is 0 Å². The number of amides is 2. The Morgan fingerprint density at radius 1 is 1.30 bits per heavy atom. The SMILES string of the molecule is CC(=O)NCCC(=O)N1C[C@@H](CN(C)C)C[C@H](CO)C1. The van der Waals surface area contributed by atoms with Crippen LogP contribution in [-0.4, -0.2) is 73.6 Å². The van der Waals surface area contributed by atoms with Gasteiger partial charge < -0.3 is 20.2 Å². The molecule has 1 heterocycles. The van der Waals surface area contributed by atoms with Crippen molar-refractivity contribution in [1.29, 1.82) is 0 Å². The minimum atomic E-state index is -0.116. The molecule has 0 unspecified atom stereocenters. The van der Waals surface area contributed by atoms with Crippen LogP contribution in [0.1, 0.15) is 19.8 Å². The van der Waals surface area contributed by atoms with Crippen molar-refractivity contribution in [2.24, 2.45) is 11.8 Å². The lowest BCUT2D eigenvalue weighted by molar-refractivity contribution is -0.134. The quantitative estimate of drug-likeness (QED) is 0.692. The van der Waals surface area contributed by atoms with E-state index in [0.29, 0.717) is 25.4 Å². The van der Waals surface area contributed by atoms with Crippen LogP contribution in [0.2, 0.25) is 0 Å². The normalized spacial score (nSPS) is 22.9. The Balaban J connectivity index is 2.49. The highest BCUT2D eigenvalue weighted by Crippen LogP contribution is 2.22. The Bertz CT molecular complexity index is 334. The van der Waals surface area contributed by atoms with Gasteiger partial charge in [-0.1, -0.05) is 0 Å². The zero-order chi connectivity index (χ0) is 15.1. The van der Waals surface area contributed by atoms with E-state index in [4.69, 9.17) is 0 Å². The highest BCUT2D eigenvalue weighted by atomic mass is 16.3. The highest BCUT2D eigenvalue weighted by Gasteiger charge is 2.29. The number of likely N-dealkylation sites (tertiary alicyclic amines) is 1. The number of carbonyl (C=O) groups is 2. The van der Waals surface area contributed by atoms with E-state index in [1.165, 1.54) is 6.92 Å².